The summed E-state index contributed by atoms with van der Waals surface area (Å²) in [6.45, 7) is 5.17. The summed E-state index contributed by atoms with van der Waals surface area (Å²) in [6, 6.07) is 9.67. The van der Waals surface area contributed by atoms with Crippen molar-refractivity contribution < 1.29 is 14.6 Å². The van der Waals surface area contributed by atoms with Gasteiger partial charge in [0.05, 0.1) is 12.1 Å². The Balaban J connectivity index is 1.59. The first kappa shape index (κ1) is 21.7. The second-order valence-corrected chi connectivity index (χ2v) is 10.5. The van der Waals surface area contributed by atoms with Crippen LogP contribution in [-0.2, 0) is 16.0 Å². The van der Waals surface area contributed by atoms with Crippen LogP contribution in [0.25, 0.3) is 0 Å². The average Bonchev–Trinajstić information content (AvgIpc) is 3.15. The Morgan fingerprint density at radius 2 is 2.11 bits per heavy atom. The zero-order chi connectivity index (χ0) is 19.9. The van der Waals surface area contributed by atoms with Crippen molar-refractivity contribution in [2.24, 2.45) is 0 Å². The minimum Gasteiger partial charge on any atom is -0.367 e. The molecule has 0 aliphatic carbocycles. The van der Waals surface area contributed by atoms with E-state index in [2.05, 4.69) is 22.1 Å². The molecule has 5 unspecified atom stereocenters. The molecule has 0 spiro atoms. The zero-order valence-electron chi connectivity index (χ0n) is 17.2. The van der Waals surface area contributed by atoms with Crippen molar-refractivity contribution in [2.45, 2.75) is 76.4 Å². The number of rotatable bonds is 9. The Morgan fingerprint density at radius 1 is 1.32 bits per heavy atom. The number of carbonyl (C=O) groups is 1. The fraction of sp³-hybridized carbons (Fsp3) is 0.682. The van der Waals surface area contributed by atoms with Crippen LogP contribution in [0.1, 0.15) is 51.5 Å². The van der Waals surface area contributed by atoms with E-state index in [1.54, 1.807) is 0 Å². The highest BCUT2D eigenvalue weighted by atomic mass is 31.1. The number of amides is 1. The van der Waals surface area contributed by atoms with Crippen LogP contribution in [0, 0.1) is 0 Å². The number of aryl methyl sites for hydroxylation is 1. The molecule has 0 radical (unpaired) electrons. The molecule has 0 saturated carbocycles. The van der Waals surface area contributed by atoms with Gasteiger partial charge in [0, 0.05) is 13.2 Å². The van der Waals surface area contributed by atoms with E-state index in [-0.39, 0.29) is 26.1 Å². The maximum atomic E-state index is 13.1. The molecule has 1 aromatic rings. The number of nitrogens with zero attached hydrogens (tertiary/aromatic N) is 1. The van der Waals surface area contributed by atoms with Crippen molar-refractivity contribution >= 4 is 14.0 Å². The zero-order valence-corrected chi connectivity index (χ0v) is 18.1. The predicted molar refractivity (Wildman–Crippen MR) is 115 cm³/mol. The lowest BCUT2D eigenvalue weighted by molar-refractivity contribution is -0.133. The maximum absolute atomic E-state index is 13.1. The lowest BCUT2D eigenvalue weighted by atomic mass is 10.0. The highest BCUT2D eigenvalue weighted by Gasteiger charge is 2.40. The molecule has 2 saturated heterocycles. The van der Waals surface area contributed by atoms with Gasteiger partial charge in [-0.05, 0) is 71.4 Å². The lowest BCUT2D eigenvalue weighted by Crippen LogP contribution is -2.51. The van der Waals surface area contributed by atoms with E-state index < -0.39 is 6.29 Å². The molecule has 28 heavy (non-hydrogen) atoms. The van der Waals surface area contributed by atoms with Gasteiger partial charge >= 0.3 is 0 Å². The number of aliphatic hydroxyl groups excluding tert-OH is 1. The van der Waals surface area contributed by atoms with Gasteiger partial charge in [-0.25, -0.2) is 0 Å². The second-order valence-electron chi connectivity index (χ2n) is 7.93. The second kappa shape index (κ2) is 10.7. The highest BCUT2D eigenvalue weighted by molar-refractivity contribution is 7.57. The van der Waals surface area contributed by atoms with Gasteiger partial charge in [0.1, 0.15) is 0 Å². The van der Waals surface area contributed by atoms with Gasteiger partial charge in [-0.3, -0.25) is 10.1 Å². The molecule has 5 atom stereocenters. The van der Waals surface area contributed by atoms with Crippen LogP contribution in [0.2, 0.25) is 0 Å². The normalized spacial score (nSPS) is 25.2. The molecule has 2 aliphatic heterocycles. The molecule has 2 aliphatic rings. The van der Waals surface area contributed by atoms with E-state index in [4.69, 9.17) is 4.74 Å². The first-order valence-electron chi connectivity index (χ1n) is 10.8. The van der Waals surface area contributed by atoms with Crippen LogP contribution in [-0.4, -0.2) is 59.0 Å². The van der Waals surface area contributed by atoms with Gasteiger partial charge in [0.2, 0.25) is 5.91 Å². The number of benzene rings is 1. The average molecular weight is 407 g/mol. The van der Waals surface area contributed by atoms with Crippen molar-refractivity contribution in [3.8, 4) is 0 Å². The lowest BCUT2D eigenvalue weighted by Gasteiger charge is -2.34. The summed E-state index contributed by atoms with van der Waals surface area (Å²) in [5, 5.41) is 13.9. The monoisotopic (exact) mass is 406 g/mol. The molecule has 0 bridgehead atoms. The number of nitrogens with one attached hydrogen (secondary N) is 1. The largest absolute Gasteiger partial charge is 0.367 e. The Hall–Kier alpha value is -1.00. The summed E-state index contributed by atoms with van der Waals surface area (Å²) in [6.07, 6.45) is 6.90. The summed E-state index contributed by atoms with van der Waals surface area (Å²) in [5.41, 5.74) is 1.98. The highest BCUT2D eigenvalue weighted by Crippen LogP contribution is 2.56. The third kappa shape index (κ3) is 5.54. The van der Waals surface area contributed by atoms with E-state index in [9.17, 15) is 9.90 Å². The summed E-state index contributed by atoms with van der Waals surface area (Å²) >= 11 is 0. The third-order valence-corrected chi connectivity index (χ3v) is 9.09. The first-order chi connectivity index (χ1) is 13.6. The van der Waals surface area contributed by atoms with Crippen LogP contribution in [0.3, 0.4) is 0 Å². The van der Waals surface area contributed by atoms with E-state index in [1.807, 2.05) is 32.0 Å². The number of hydrogen-bond donors (Lipinski definition) is 2. The van der Waals surface area contributed by atoms with E-state index in [1.165, 1.54) is 37.4 Å². The molecule has 2 heterocycles. The van der Waals surface area contributed by atoms with Gasteiger partial charge in [0.25, 0.3) is 0 Å². The molecule has 2 fully saturated rings. The van der Waals surface area contributed by atoms with E-state index in [0.29, 0.717) is 6.61 Å². The number of ether oxygens (including phenoxy) is 1. The minimum absolute atomic E-state index is 0.198. The van der Waals surface area contributed by atoms with Crippen molar-refractivity contribution in [1.82, 2.24) is 9.99 Å². The Morgan fingerprint density at radius 3 is 2.86 bits per heavy atom. The molecule has 1 amide bonds. The van der Waals surface area contributed by atoms with Crippen molar-refractivity contribution in [3.05, 3.63) is 35.9 Å². The van der Waals surface area contributed by atoms with Crippen LogP contribution < -0.4 is 5.32 Å². The minimum atomic E-state index is -0.907. The Labute approximate surface area is 170 Å². The van der Waals surface area contributed by atoms with Crippen molar-refractivity contribution in [2.75, 3.05) is 19.3 Å². The summed E-state index contributed by atoms with van der Waals surface area (Å²) < 4.78 is 7.62. The first-order valence-corrected chi connectivity index (χ1v) is 12.3. The molecular weight excluding hydrogens is 371 g/mol. The van der Waals surface area contributed by atoms with Gasteiger partial charge in [-0.15, -0.1) is 0 Å². The number of aliphatic hydroxyl groups is 1. The number of carbonyl (C=O) groups excluding carboxylic acids is 1. The van der Waals surface area contributed by atoms with Gasteiger partial charge in [-0.1, -0.05) is 36.8 Å². The fourth-order valence-corrected chi connectivity index (χ4v) is 7.65. The van der Waals surface area contributed by atoms with Crippen LogP contribution in [0.5, 0.6) is 0 Å². The molecule has 3 rings (SSSR count). The Bertz CT molecular complexity index is 615. The Kier molecular flexibility index (Phi) is 8.28. The predicted octanol–water partition coefficient (Wildman–Crippen LogP) is 3.50. The maximum Gasteiger partial charge on any atom is 0.242 e. The summed E-state index contributed by atoms with van der Waals surface area (Å²) in [5.74, 6) is 0.198. The van der Waals surface area contributed by atoms with Crippen LogP contribution in [0.4, 0.5) is 0 Å². The van der Waals surface area contributed by atoms with Crippen molar-refractivity contribution in [3.63, 3.8) is 0 Å². The molecule has 5 nitrogen and oxygen atoms in total. The SMILES string of the molecule is CCOC(O)C(CCc1ccccc1)NC(C)C(=O)N1CCC2CCCCP21. The fourth-order valence-electron chi connectivity index (χ4n) is 4.41. The molecule has 156 valence electrons. The van der Waals surface area contributed by atoms with E-state index in [0.717, 1.165) is 25.0 Å². The van der Waals surface area contributed by atoms with Gasteiger partial charge < -0.3 is 14.5 Å². The molecule has 1 aromatic carbocycles. The molecular formula is C22H35N2O3P. The molecule has 6 heteroatoms. The van der Waals surface area contributed by atoms with Crippen molar-refractivity contribution in [1.29, 1.82) is 0 Å². The van der Waals surface area contributed by atoms with Crippen LogP contribution >= 0.6 is 8.07 Å². The molecule has 0 aromatic heterocycles. The summed E-state index contributed by atoms with van der Waals surface area (Å²) in [4.78, 5) is 13.1. The standard InChI is InChI=1S/C22H35N2O3P/c1-3-27-22(26)20(13-12-18-9-5-4-6-10-18)23-17(2)21(25)24-15-14-19-11-7-8-16-28(19)24/h4-6,9-10,17,19-20,22-23,26H,3,7-8,11-16H2,1-2H3. The van der Waals surface area contributed by atoms with Gasteiger partial charge in [0.15, 0.2) is 6.29 Å². The third-order valence-electron chi connectivity index (χ3n) is 5.94. The summed E-state index contributed by atoms with van der Waals surface area (Å²) in [7, 11) is -0.296. The quantitative estimate of drug-likeness (QED) is 0.487. The molecule has 2 N–H and O–H groups in total. The van der Waals surface area contributed by atoms with Crippen LogP contribution in [0.15, 0.2) is 30.3 Å². The smallest absolute Gasteiger partial charge is 0.242 e. The van der Waals surface area contributed by atoms with Gasteiger partial charge in [-0.2, -0.15) is 0 Å². The topological polar surface area (TPSA) is 61.8 Å². The number of fused-ring (bicyclic) bond motifs is 1. The van der Waals surface area contributed by atoms with E-state index >= 15 is 0 Å². The number of hydrogen-bond acceptors (Lipinski definition) is 4.